The molecule has 3 aromatic heterocycles. The Bertz CT molecular complexity index is 1290. The second-order valence-corrected chi connectivity index (χ2v) is 8.82. The summed E-state index contributed by atoms with van der Waals surface area (Å²) in [7, 11) is 1.70. The smallest absolute Gasteiger partial charge is 0.258 e. The van der Waals surface area contributed by atoms with E-state index in [-0.39, 0.29) is 11.9 Å². The molecule has 1 aliphatic rings. The number of carbonyl (C=O) groups excluding carboxylic acids is 1. The van der Waals surface area contributed by atoms with Gasteiger partial charge >= 0.3 is 0 Å². The Morgan fingerprint density at radius 1 is 1.21 bits per heavy atom. The molecule has 1 fully saturated rings. The first-order chi connectivity index (χ1) is 15.9. The van der Waals surface area contributed by atoms with Crippen molar-refractivity contribution in [2.24, 2.45) is 0 Å². The summed E-state index contributed by atoms with van der Waals surface area (Å²) in [6.45, 7) is 2.44. The molecule has 4 aromatic rings. The Balaban J connectivity index is 1.39. The van der Waals surface area contributed by atoms with E-state index in [9.17, 15) is 9.90 Å². The van der Waals surface area contributed by atoms with Crippen molar-refractivity contribution in [3.63, 3.8) is 0 Å². The second kappa shape index (κ2) is 8.38. The number of thiazole rings is 1. The molecule has 4 heterocycles. The number of amides is 1. The topological polar surface area (TPSA) is 117 Å². The van der Waals surface area contributed by atoms with Crippen molar-refractivity contribution in [2.45, 2.75) is 25.0 Å². The zero-order chi connectivity index (χ0) is 23.0. The van der Waals surface area contributed by atoms with Gasteiger partial charge in [-0.3, -0.25) is 4.79 Å². The highest BCUT2D eigenvalue weighted by Crippen LogP contribution is 2.36. The van der Waals surface area contributed by atoms with Crippen molar-refractivity contribution < 1.29 is 14.3 Å². The van der Waals surface area contributed by atoms with E-state index in [0.717, 1.165) is 10.6 Å². The fraction of sp³-hybridized carbons (Fsp3) is 0.261. The summed E-state index contributed by atoms with van der Waals surface area (Å²) >= 11 is 1.47. The van der Waals surface area contributed by atoms with E-state index in [4.69, 9.17) is 9.40 Å². The lowest BCUT2D eigenvalue weighted by molar-refractivity contribution is -0.143. The molecule has 1 amide bonds. The predicted octanol–water partition coefficient (Wildman–Crippen LogP) is 3.48. The molecule has 0 spiro atoms. The van der Waals surface area contributed by atoms with Gasteiger partial charge in [-0.05, 0) is 24.6 Å². The molecule has 5 rings (SSSR count). The van der Waals surface area contributed by atoms with Gasteiger partial charge in [0.2, 0.25) is 11.8 Å². The Kier molecular flexibility index (Phi) is 5.39. The van der Waals surface area contributed by atoms with Crippen molar-refractivity contribution in [1.29, 1.82) is 0 Å². The minimum absolute atomic E-state index is 0.188. The van der Waals surface area contributed by atoms with E-state index in [1.54, 1.807) is 36.5 Å². The number of hydrogen-bond acceptors (Lipinski definition) is 9. The molecular formula is C23H22N6O3S. The van der Waals surface area contributed by atoms with Crippen LogP contribution >= 0.6 is 11.3 Å². The third kappa shape index (κ3) is 3.98. The van der Waals surface area contributed by atoms with Crippen LogP contribution in [-0.4, -0.2) is 49.4 Å². The van der Waals surface area contributed by atoms with Gasteiger partial charge in [0, 0.05) is 37.2 Å². The first-order valence-corrected chi connectivity index (χ1v) is 11.4. The first-order valence-electron chi connectivity index (χ1n) is 10.5. The molecule has 1 aromatic carbocycles. The summed E-state index contributed by atoms with van der Waals surface area (Å²) in [4.78, 5) is 31.8. The molecule has 10 heteroatoms. The van der Waals surface area contributed by atoms with E-state index in [1.807, 2.05) is 30.5 Å². The fourth-order valence-corrected chi connectivity index (χ4v) is 4.64. The van der Waals surface area contributed by atoms with Crippen molar-refractivity contribution in [3.8, 4) is 22.0 Å². The highest BCUT2D eigenvalue weighted by Gasteiger charge is 2.45. The van der Waals surface area contributed by atoms with Gasteiger partial charge in [-0.2, -0.15) is 0 Å². The van der Waals surface area contributed by atoms with E-state index < -0.39 is 5.60 Å². The number of anilines is 1. The standard InChI is InChI=1S/C23H22N6O3S/c1-14(19-24-9-11-32-19)26-22-25-8-6-17(28-22)18-13-33-20(27-18)15-4-3-5-16(12-15)23(31)7-10-29(2)21(23)30/h3-6,8-9,11-14,31H,7,10H2,1-2H3,(H,25,26,28)/t14?,23-/m1/s1. The van der Waals surface area contributed by atoms with Crippen LogP contribution in [0.15, 0.2) is 58.8 Å². The van der Waals surface area contributed by atoms with Crippen molar-refractivity contribution in [3.05, 3.63) is 65.8 Å². The van der Waals surface area contributed by atoms with Gasteiger partial charge in [0.05, 0.1) is 11.9 Å². The Labute approximate surface area is 194 Å². The van der Waals surface area contributed by atoms with Gasteiger partial charge in [0.1, 0.15) is 23.0 Å². The van der Waals surface area contributed by atoms with E-state index in [1.165, 1.54) is 17.6 Å². The molecule has 0 bridgehead atoms. The molecule has 1 unspecified atom stereocenters. The quantitative estimate of drug-likeness (QED) is 0.447. The normalized spacial score (nSPS) is 19.1. The number of likely N-dealkylation sites (N-methyl/N-ethyl adjacent to an activating group) is 1. The Hall–Kier alpha value is -3.63. The molecule has 0 aliphatic carbocycles. The second-order valence-electron chi connectivity index (χ2n) is 7.96. The van der Waals surface area contributed by atoms with Crippen LogP contribution in [0.2, 0.25) is 0 Å². The number of aliphatic hydroxyl groups is 1. The lowest BCUT2D eigenvalue weighted by atomic mass is 9.91. The average Bonchev–Trinajstić information content (AvgIpc) is 3.59. The van der Waals surface area contributed by atoms with Gasteiger partial charge in [-0.15, -0.1) is 11.3 Å². The van der Waals surface area contributed by atoms with Crippen molar-refractivity contribution in [1.82, 2.24) is 24.8 Å². The number of likely N-dealkylation sites (tertiary alicyclic amines) is 1. The summed E-state index contributed by atoms with van der Waals surface area (Å²) in [5, 5.41) is 16.9. The summed E-state index contributed by atoms with van der Waals surface area (Å²) < 4.78 is 5.32. The Morgan fingerprint density at radius 3 is 2.85 bits per heavy atom. The lowest BCUT2D eigenvalue weighted by Crippen LogP contribution is -2.36. The van der Waals surface area contributed by atoms with Crippen LogP contribution in [0, 0.1) is 0 Å². The largest absolute Gasteiger partial charge is 0.447 e. The fourth-order valence-electron chi connectivity index (χ4n) is 3.83. The molecule has 33 heavy (non-hydrogen) atoms. The van der Waals surface area contributed by atoms with Crippen LogP contribution in [0.3, 0.4) is 0 Å². The lowest BCUT2D eigenvalue weighted by Gasteiger charge is -2.21. The average molecular weight is 463 g/mol. The number of oxazole rings is 1. The molecule has 9 nitrogen and oxygen atoms in total. The van der Waals surface area contributed by atoms with Crippen LogP contribution < -0.4 is 5.32 Å². The van der Waals surface area contributed by atoms with Crippen LogP contribution in [0.4, 0.5) is 5.95 Å². The summed E-state index contributed by atoms with van der Waals surface area (Å²) in [6, 6.07) is 8.99. The number of carbonyl (C=O) groups is 1. The van der Waals surface area contributed by atoms with Crippen molar-refractivity contribution >= 4 is 23.2 Å². The maximum absolute atomic E-state index is 12.5. The number of aromatic nitrogens is 4. The van der Waals surface area contributed by atoms with Crippen LogP contribution in [0.5, 0.6) is 0 Å². The number of rotatable bonds is 6. The van der Waals surface area contributed by atoms with Gasteiger partial charge in [-0.25, -0.2) is 19.9 Å². The van der Waals surface area contributed by atoms with Crippen LogP contribution in [0.25, 0.3) is 22.0 Å². The highest BCUT2D eigenvalue weighted by molar-refractivity contribution is 7.13. The zero-order valence-corrected chi connectivity index (χ0v) is 18.9. The van der Waals surface area contributed by atoms with Crippen LogP contribution in [0.1, 0.15) is 30.8 Å². The molecule has 0 saturated carbocycles. The predicted molar refractivity (Wildman–Crippen MR) is 123 cm³/mol. The number of benzene rings is 1. The molecule has 168 valence electrons. The molecule has 1 aliphatic heterocycles. The van der Waals surface area contributed by atoms with Gasteiger partial charge < -0.3 is 19.7 Å². The van der Waals surface area contributed by atoms with Crippen LogP contribution in [-0.2, 0) is 10.4 Å². The van der Waals surface area contributed by atoms with E-state index in [2.05, 4.69) is 20.3 Å². The molecule has 1 saturated heterocycles. The molecular weight excluding hydrogens is 440 g/mol. The maximum Gasteiger partial charge on any atom is 0.258 e. The van der Waals surface area contributed by atoms with E-state index >= 15 is 0 Å². The summed E-state index contributed by atoms with van der Waals surface area (Å²) in [5.74, 6) is 0.716. The van der Waals surface area contributed by atoms with Gasteiger partial charge in [0.15, 0.2) is 5.60 Å². The monoisotopic (exact) mass is 462 g/mol. The minimum atomic E-state index is -1.49. The SMILES string of the molecule is CC(Nc1nccc(-c2csc(-c3cccc([C@]4(O)CCN(C)C4=O)c3)n2)n1)c1ncco1. The highest BCUT2D eigenvalue weighted by atomic mass is 32.1. The third-order valence-electron chi connectivity index (χ3n) is 5.69. The van der Waals surface area contributed by atoms with Crippen molar-refractivity contribution in [2.75, 3.05) is 18.9 Å². The van der Waals surface area contributed by atoms with E-state index in [0.29, 0.717) is 41.8 Å². The number of nitrogens with one attached hydrogen (secondary N) is 1. The number of hydrogen-bond donors (Lipinski definition) is 2. The molecule has 2 N–H and O–H groups in total. The number of nitrogens with zero attached hydrogens (tertiary/aromatic N) is 5. The maximum atomic E-state index is 12.5. The minimum Gasteiger partial charge on any atom is -0.447 e. The first kappa shape index (κ1) is 21.2. The molecule has 0 radical (unpaired) electrons. The summed E-state index contributed by atoms with van der Waals surface area (Å²) in [5.41, 5.74) is 1.32. The third-order valence-corrected chi connectivity index (χ3v) is 6.58. The summed E-state index contributed by atoms with van der Waals surface area (Å²) in [6.07, 6.45) is 5.16. The Morgan fingerprint density at radius 2 is 2.09 bits per heavy atom. The van der Waals surface area contributed by atoms with Gasteiger partial charge in [-0.1, -0.05) is 18.2 Å². The molecule has 2 atom stereocenters. The van der Waals surface area contributed by atoms with Gasteiger partial charge in [0.25, 0.3) is 5.91 Å². The zero-order valence-electron chi connectivity index (χ0n) is 18.1.